The highest BCUT2D eigenvalue weighted by Gasteiger charge is 2.45. The molecule has 4 aromatic carbocycles. The maximum Gasteiger partial charge on any atom is 0.331 e. The normalized spacial score (nSPS) is 19.5. The van der Waals surface area contributed by atoms with Crippen molar-refractivity contribution in [1.82, 2.24) is 0 Å². The fourth-order valence-corrected chi connectivity index (χ4v) is 10.5. The summed E-state index contributed by atoms with van der Waals surface area (Å²) in [6.07, 6.45) is 5.34. The molecule has 2 heterocycles. The molecule has 2 aliphatic heterocycles. The van der Waals surface area contributed by atoms with E-state index in [0.717, 1.165) is 58.5 Å². The summed E-state index contributed by atoms with van der Waals surface area (Å²) in [4.78, 5) is 25.8. The van der Waals surface area contributed by atoms with Crippen LogP contribution >= 0.6 is 0 Å². The van der Waals surface area contributed by atoms with Crippen molar-refractivity contribution in [2.45, 2.75) is 64.0 Å². The number of hydrogen-bond donors (Lipinski definition) is 3. The van der Waals surface area contributed by atoms with Gasteiger partial charge in [-0.3, -0.25) is 0 Å². The molecule has 6 rings (SSSR count). The number of carbonyl (C=O) groups excluding carboxylic acids is 2. The lowest BCUT2D eigenvalue weighted by molar-refractivity contribution is -0.941. The van der Waals surface area contributed by atoms with Crippen molar-refractivity contribution in [3.63, 3.8) is 0 Å². The molecule has 0 spiro atoms. The van der Waals surface area contributed by atoms with Crippen molar-refractivity contribution in [1.29, 1.82) is 0 Å². The van der Waals surface area contributed by atoms with Crippen molar-refractivity contribution in [2.75, 3.05) is 103 Å². The number of fused-ring (bicyclic) bond motifs is 2. The Morgan fingerprint density at radius 3 is 1.71 bits per heavy atom. The van der Waals surface area contributed by atoms with Gasteiger partial charge in [-0.25, -0.2) is 9.59 Å². The van der Waals surface area contributed by atoms with Crippen LogP contribution in [0.15, 0.2) is 60.7 Å². The fourth-order valence-electron chi connectivity index (χ4n) is 10.5. The molecule has 0 aromatic heterocycles. The molecular formula is C53H70N2O14+2. The van der Waals surface area contributed by atoms with Gasteiger partial charge >= 0.3 is 11.9 Å². The quantitative estimate of drug-likeness (QED) is 0.0356. The average Bonchev–Trinajstić information content (AvgIpc) is 3.37. The largest absolute Gasteiger partial charge is 0.496 e. The molecule has 4 atom stereocenters. The lowest BCUT2D eigenvalue weighted by atomic mass is 9.82. The van der Waals surface area contributed by atoms with Crippen molar-refractivity contribution in [2.24, 2.45) is 0 Å². The lowest BCUT2D eigenvalue weighted by Gasteiger charge is -2.46. The number of nitrogens with zero attached hydrogens (tertiary/aromatic N) is 2. The molecule has 0 fully saturated rings. The molecule has 4 aromatic rings. The second-order valence-corrected chi connectivity index (χ2v) is 17.9. The number of aliphatic hydroxyl groups is 3. The first-order chi connectivity index (χ1) is 33.3. The van der Waals surface area contributed by atoms with E-state index in [2.05, 4.69) is 14.1 Å². The van der Waals surface area contributed by atoms with Gasteiger partial charge in [0.25, 0.3) is 0 Å². The molecule has 16 nitrogen and oxygen atoms in total. The van der Waals surface area contributed by atoms with E-state index >= 15 is 0 Å². The summed E-state index contributed by atoms with van der Waals surface area (Å²) in [5, 5.41) is 30.8. The maximum absolute atomic E-state index is 12.9. The number of carbonyl (C=O) groups is 2. The maximum atomic E-state index is 12.9. The minimum absolute atomic E-state index is 0.0724. The van der Waals surface area contributed by atoms with Crippen LogP contribution in [0.5, 0.6) is 40.2 Å². The van der Waals surface area contributed by atoms with Crippen LogP contribution in [0.4, 0.5) is 0 Å². The number of ether oxygens (including phenoxy) is 9. The molecule has 0 amide bonds. The van der Waals surface area contributed by atoms with Gasteiger partial charge in [-0.2, -0.15) is 0 Å². The minimum Gasteiger partial charge on any atom is -0.496 e. The van der Waals surface area contributed by atoms with Crippen LogP contribution in [-0.4, -0.2) is 139 Å². The summed E-state index contributed by atoms with van der Waals surface area (Å²) in [5.41, 5.74) is 7.78. The third kappa shape index (κ3) is 11.2. The van der Waals surface area contributed by atoms with Crippen LogP contribution in [0.2, 0.25) is 0 Å². The number of esters is 2. The number of quaternary nitrogens is 2. The van der Waals surface area contributed by atoms with Gasteiger partial charge < -0.3 is 66.9 Å². The van der Waals surface area contributed by atoms with Crippen LogP contribution < -0.4 is 33.2 Å². The lowest BCUT2D eigenvalue weighted by Crippen LogP contribution is -2.52. The van der Waals surface area contributed by atoms with Gasteiger partial charge in [0.05, 0.1) is 134 Å². The third-order valence-corrected chi connectivity index (χ3v) is 14.0. The first kappa shape index (κ1) is 52.3. The highest BCUT2D eigenvalue weighted by molar-refractivity contribution is 5.91. The molecule has 0 saturated carbocycles. The van der Waals surface area contributed by atoms with Crippen LogP contribution in [0.1, 0.15) is 75.0 Å². The van der Waals surface area contributed by atoms with E-state index < -0.39 is 11.9 Å². The Morgan fingerprint density at radius 2 is 1.14 bits per heavy atom. The van der Waals surface area contributed by atoms with Gasteiger partial charge in [0.15, 0.2) is 23.0 Å². The van der Waals surface area contributed by atoms with Crippen molar-refractivity contribution < 1.29 is 76.5 Å². The van der Waals surface area contributed by atoms with E-state index in [0.29, 0.717) is 111 Å². The van der Waals surface area contributed by atoms with Crippen LogP contribution in [0, 0.1) is 0 Å². The fraction of sp³-hybridized carbons (Fsp3) is 0.472. The predicted octanol–water partition coefficient (Wildman–Crippen LogP) is 5.73. The zero-order valence-electron chi connectivity index (χ0n) is 41.6. The molecule has 0 aliphatic carbocycles. The Balaban J connectivity index is 1.09. The number of methoxy groups -OCH3 is 7. The molecule has 0 radical (unpaired) electrons. The second kappa shape index (κ2) is 23.5. The van der Waals surface area contributed by atoms with Crippen molar-refractivity contribution >= 4 is 11.9 Å². The molecule has 16 heteroatoms. The van der Waals surface area contributed by atoms with E-state index in [1.54, 1.807) is 49.8 Å². The van der Waals surface area contributed by atoms with E-state index in [9.17, 15) is 24.9 Å². The van der Waals surface area contributed by atoms with E-state index in [4.69, 9.17) is 42.6 Å². The summed E-state index contributed by atoms with van der Waals surface area (Å²) in [7, 11) is 15.5. The monoisotopic (exact) mass is 958 g/mol. The summed E-state index contributed by atoms with van der Waals surface area (Å²) in [6.45, 7) is 2.27. The topological polar surface area (TPSA) is 178 Å². The molecular weight excluding hydrogens is 889 g/mol. The first-order valence-electron chi connectivity index (χ1n) is 23.2. The molecule has 2 aliphatic rings. The van der Waals surface area contributed by atoms with Gasteiger partial charge in [0, 0.05) is 60.9 Å². The molecule has 69 heavy (non-hydrogen) atoms. The van der Waals surface area contributed by atoms with Gasteiger partial charge in [-0.1, -0.05) is 12.1 Å². The third-order valence-electron chi connectivity index (χ3n) is 14.0. The number of likely N-dealkylation sites (N-methyl/N-ethyl adjacent to an activating group) is 2. The van der Waals surface area contributed by atoms with E-state index in [1.165, 1.54) is 0 Å². The summed E-state index contributed by atoms with van der Waals surface area (Å²) in [6, 6.07) is 15.3. The van der Waals surface area contributed by atoms with Gasteiger partial charge in [-0.05, 0) is 58.7 Å². The van der Waals surface area contributed by atoms with Crippen LogP contribution in [-0.2, 0) is 58.1 Å². The summed E-state index contributed by atoms with van der Waals surface area (Å²) in [5.74, 6) is 2.82. The molecule has 0 bridgehead atoms. The van der Waals surface area contributed by atoms with Gasteiger partial charge in [-0.15, -0.1) is 0 Å². The summed E-state index contributed by atoms with van der Waals surface area (Å²) < 4.78 is 52.5. The predicted molar refractivity (Wildman–Crippen MR) is 257 cm³/mol. The molecule has 374 valence electrons. The smallest absolute Gasteiger partial charge is 0.331 e. The molecule has 4 unspecified atom stereocenters. The Hall–Kier alpha value is -6.04. The molecule has 0 saturated heterocycles. The van der Waals surface area contributed by atoms with E-state index in [-0.39, 0.29) is 45.1 Å². The van der Waals surface area contributed by atoms with Crippen molar-refractivity contribution in [3.05, 3.63) is 111 Å². The van der Waals surface area contributed by atoms with Gasteiger partial charge in [0.2, 0.25) is 5.75 Å². The Bertz CT molecular complexity index is 2470. The van der Waals surface area contributed by atoms with Crippen LogP contribution in [0.3, 0.4) is 0 Å². The minimum atomic E-state index is -0.660. The SMILES string of the molecule is COc1ccc(C2c3c(cc(CO)c(CO)c3OC)CC[N+]2(C)CCCOC(=O)C=CC(=O)OCCC[N+]2(C)CCc3cc(OC)c(OC)c(OC)c3C2Cc2ccc(OC)c(OC)c2)cc1CO. The number of benzene rings is 4. The number of hydrogen-bond acceptors (Lipinski definition) is 14. The number of rotatable bonds is 23. The van der Waals surface area contributed by atoms with Crippen molar-refractivity contribution in [3.8, 4) is 40.2 Å². The summed E-state index contributed by atoms with van der Waals surface area (Å²) >= 11 is 0. The standard InChI is InChI=1S/C53H70N2O14/c1-54(22-18-36-30-45(64-6)52(66-8)53(67-9)48(36)41(54)26-34-12-14-43(62-4)44(27-34)63-5)20-10-24-68-46(59)16-17-47(60)69-25-11-21-55(2)23-19-35-28-38(31-56)40(33-58)51(65-7)49(35)50(55)37-13-15-42(61-3)39(29-37)32-57/h12-17,27-30,41,50,56-58H,10-11,18-26,31-33H2,1-9H3/q+2. The Kier molecular flexibility index (Phi) is 17.8. The first-order valence-corrected chi connectivity index (χ1v) is 23.2. The zero-order chi connectivity index (χ0) is 49.9. The second-order valence-electron chi connectivity index (χ2n) is 17.9. The van der Waals surface area contributed by atoms with Crippen LogP contribution in [0.25, 0.3) is 0 Å². The van der Waals surface area contributed by atoms with Gasteiger partial charge in [0.1, 0.15) is 23.6 Å². The zero-order valence-corrected chi connectivity index (χ0v) is 41.6. The highest BCUT2D eigenvalue weighted by atomic mass is 16.5. The number of aliphatic hydroxyl groups excluding tert-OH is 3. The average molecular weight is 959 g/mol. The highest BCUT2D eigenvalue weighted by Crippen LogP contribution is 2.51. The Labute approximate surface area is 405 Å². The van der Waals surface area contributed by atoms with E-state index in [1.807, 2.05) is 48.5 Å². The molecule has 3 N–H and O–H groups in total. The Morgan fingerprint density at radius 1 is 0.580 bits per heavy atom.